The highest BCUT2D eigenvalue weighted by molar-refractivity contribution is 5.86. The molecule has 0 unspecified atom stereocenters. The zero-order valence-corrected chi connectivity index (χ0v) is 13.5. The first-order chi connectivity index (χ1) is 7.82. The molecule has 0 aromatic rings. The molecule has 105 valence electrons. The van der Waals surface area contributed by atoms with Gasteiger partial charge in [0.05, 0.1) is 5.54 Å². The van der Waals surface area contributed by atoms with Crippen LogP contribution < -0.4 is 5.43 Å². The molecule has 0 spiro atoms. The fourth-order valence-electron chi connectivity index (χ4n) is 1.46. The predicted octanol–water partition coefficient (Wildman–Crippen LogP) is 3.04. The van der Waals surface area contributed by atoms with Gasteiger partial charge < -0.3 is 0 Å². The lowest BCUT2D eigenvalue weighted by atomic mass is 9.95. The summed E-state index contributed by atoms with van der Waals surface area (Å²) in [4.78, 5) is 0. The van der Waals surface area contributed by atoms with Crippen molar-refractivity contribution in [2.24, 2.45) is 10.5 Å². The maximum Gasteiger partial charge on any atom is 0.168 e. The molecule has 0 saturated carbocycles. The first-order valence-corrected chi connectivity index (χ1v) is 6.68. The van der Waals surface area contributed by atoms with Crippen LogP contribution in [0.5, 0.6) is 0 Å². The molecule has 0 aliphatic carbocycles. The first kappa shape index (κ1) is 15.3. The van der Waals surface area contributed by atoms with Gasteiger partial charge in [-0.05, 0) is 41.5 Å². The number of hydrogen-bond donors (Lipinski definition) is 0. The van der Waals surface area contributed by atoms with E-state index in [0.717, 1.165) is 12.5 Å². The fourth-order valence-corrected chi connectivity index (χ4v) is 1.46. The largest absolute Gasteiger partial charge is 0.274 e. The number of amidine groups is 1. The Hall–Kier alpha value is -0.770. The molecule has 0 saturated heterocycles. The second kappa shape index (κ2) is 4.41. The summed E-state index contributed by atoms with van der Waals surface area (Å²) in [5.41, 5.74) is 4.72. The molecule has 0 bridgehead atoms. The van der Waals surface area contributed by atoms with E-state index >= 15 is 0 Å². The molecular formula is C14H29N4. The van der Waals surface area contributed by atoms with Gasteiger partial charge >= 0.3 is 0 Å². The van der Waals surface area contributed by atoms with Crippen LogP contribution in [0.2, 0.25) is 0 Å². The molecule has 1 aliphatic heterocycles. The van der Waals surface area contributed by atoms with E-state index in [4.69, 9.17) is 10.5 Å². The van der Waals surface area contributed by atoms with Crippen LogP contribution in [0.3, 0.4) is 0 Å². The van der Waals surface area contributed by atoms with Crippen LogP contribution in [0.15, 0.2) is 5.10 Å². The summed E-state index contributed by atoms with van der Waals surface area (Å²) in [5.74, 6) is 0.901. The molecule has 0 atom stereocenters. The third-order valence-electron chi connectivity index (χ3n) is 2.92. The summed E-state index contributed by atoms with van der Waals surface area (Å²) >= 11 is 0. The van der Waals surface area contributed by atoms with Crippen LogP contribution in [0, 0.1) is 5.41 Å². The highest BCUT2D eigenvalue weighted by atomic mass is 15.7. The third-order valence-corrected chi connectivity index (χ3v) is 2.92. The molecule has 0 aromatic heterocycles. The molecule has 0 aromatic carbocycles. The lowest BCUT2D eigenvalue weighted by Crippen LogP contribution is -2.60. The van der Waals surface area contributed by atoms with Crippen molar-refractivity contribution in [3.63, 3.8) is 0 Å². The zero-order valence-electron chi connectivity index (χ0n) is 13.5. The summed E-state index contributed by atoms with van der Waals surface area (Å²) in [6, 6.07) is 0. The van der Waals surface area contributed by atoms with Gasteiger partial charge in [0.25, 0.3) is 0 Å². The first-order valence-electron chi connectivity index (χ1n) is 6.68. The Balaban J connectivity index is 3.08. The highest BCUT2D eigenvalue weighted by Crippen LogP contribution is 2.26. The minimum Gasteiger partial charge on any atom is -0.274 e. The van der Waals surface area contributed by atoms with Crippen molar-refractivity contribution in [2.45, 2.75) is 73.4 Å². The Kier molecular flexibility index (Phi) is 3.74. The minimum absolute atomic E-state index is 0.00986. The van der Waals surface area contributed by atoms with Crippen LogP contribution >= 0.6 is 0 Å². The molecule has 1 radical (unpaired) electrons. The van der Waals surface area contributed by atoms with Crippen molar-refractivity contribution in [2.75, 3.05) is 6.67 Å². The van der Waals surface area contributed by atoms with Gasteiger partial charge in [0, 0.05) is 11.0 Å². The van der Waals surface area contributed by atoms with E-state index in [-0.39, 0.29) is 16.5 Å². The van der Waals surface area contributed by atoms with Crippen LogP contribution in [-0.2, 0) is 0 Å². The maximum atomic E-state index is 4.73. The molecule has 1 heterocycles. The predicted molar refractivity (Wildman–Crippen MR) is 77.1 cm³/mol. The van der Waals surface area contributed by atoms with Crippen LogP contribution in [0.4, 0.5) is 0 Å². The quantitative estimate of drug-likeness (QED) is 0.665. The lowest BCUT2D eigenvalue weighted by Gasteiger charge is -2.46. The molecular weight excluding hydrogens is 224 g/mol. The Labute approximate surface area is 112 Å². The molecule has 1 aliphatic rings. The van der Waals surface area contributed by atoms with Gasteiger partial charge in [0.1, 0.15) is 6.67 Å². The van der Waals surface area contributed by atoms with Gasteiger partial charge in [-0.25, -0.2) is 0 Å². The summed E-state index contributed by atoms with van der Waals surface area (Å²) < 4.78 is 0. The Morgan fingerprint density at radius 3 is 1.56 bits per heavy atom. The number of hydrogen-bond acceptors (Lipinski definition) is 3. The highest BCUT2D eigenvalue weighted by Gasteiger charge is 2.37. The van der Waals surface area contributed by atoms with Crippen molar-refractivity contribution in [3.8, 4) is 0 Å². The smallest absolute Gasteiger partial charge is 0.168 e. The fraction of sp³-hybridized carbons (Fsp3) is 0.929. The number of nitrogens with zero attached hydrogens (tertiary/aromatic N) is 4. The molecule has 0 amide bonds. The average molecular weight is 253 g/mol. The third kappa shape index (κ3) is 3.61. The normalized spacial score (nSPS) is 19.6. The van der Waals surface area contributed by atoms with Crippen molar-refractivity contribution < 1.29 is 0 Å². The Morgan fingerprint density at radius 2 is 1.22 bits per heavy atom. The molecule has 1 rings (SSSR count). The van der Waals surface area contributed by atoms with E-state index < -0.39 is 0 Å². The SMILES string of the molecule is CC(C)(C)C1=NN(C(C)(C)C)CN(C(C)(C)C)[N]1. The summed E-state index contributed by atoms with van der Waals surface area (Å²) in [6.45, 7) is 20.3. The molecule has 4 nitrogen and oxygen atoms in total. The van der Waals surface area contributed by atoms with Crippen molar-refractivity contribution in [1.82, 2.24) is 15.4 Å². The van der Waals surface area contributed by atoms with Crippen LogP contribution in [0.25, 0.3) is 0 Å². The van der Waals surface area contributed by atoms with Crippen LogP contribution in [0.1, 0.15) is 62.3 Å². The second-order valence-electron chi connectivity index (χ2n) is 8.06. The number of rotatable bonds is 0. The van der Waals surface area contributed by atoms with Crippen molar-refractivity contribution in [3.05, 3.63) is 0 Å². The molecule has 0 fully saturated rings. The Bertz CT molecular complexity index is 325. The van der Waals surface area contributed by atoms with Gasteiger partial charge in [-0.15, -0.1) is 0 Å². The molecule has 18 heavy (non-hydrogen) atoms. The van der Waals surface area contributed by atoms with Gasteiger partial charge in [-0.2, -0.15) is 15.5 Å². The molecule has 0 N–H and O–H groups in total. The second-order valence-corrected chi connectivity index (χ2v) is 8.06. The van der Waals surface area contributed by atoms with Crippen molar-refractivity contribution in [1.29, 1.82) is 0 Å². The summed E-state index contributed by atoms with van der Waals surface area (Å²) in [7, 11) is 0. The van der Waals surface area contributed by atoms with E-state index in [1.54, 1.807) is 0 Å². The maximum absolute atomic E-state index is 4.73. The summed E-state index contributed by atoms with van der Waals surface area (Å²) in [5, 5.41) is 8.99. The topological polar surface area (TPSA) is 32.9 Å². The van der Waals surface area contributed by atoms with Crippen molar-refractivity contribution >= 4 is 5.84 Å². The summed E-state index contributed by atoms with van der Waals surface area (Å²) in [6.07, 6.45) is 0. The lowest BCUT2D eigenvalue weighted by molar-refractivity contribution is -0.0283. The molecule has 4 heteroatoms. The van der Waals surface area contributed by atoms with E-state index in [0.29, 0.717) is 0 Å². The van der Waals surface area contributed by atoms with Gasteiger partial charge in [0.15, 0.2) is 5.84 Å². The standard InChI is InChI=1S/C14H29N4/c1-12(2,3)11-15-17(13(4,5)6)10-18(16-11)14(7,8)9/h10H2,1-9H3. The minimum atomic E-state index is -0.0343. The Morgan fingerprint density at radius 1 is 0.778 bits per heavy atom. The monoisotopic (exact) mass is 253 g/mol. The van der Waals surface area contributed by atoms with E-state index in [1.165, 1.54) is 0 Å². The van der Waals surface area contributed by atoms with E-state index in [1.807, 2.05) is 0 Å². The van der Waals surface area contributed by atoms with Crippen LogP contribution in [-0.4, -0.2) is 33.6 Å². The van der Waals surface area contributed by atoms with Gasteiger partial charge in [0.2, 0.25) is 0 Å². The van der Waals surface area contributed by atoms with Gasteiger partial charge in [-0.1, -0.05) is 20.8 Å². The van der Waals surface area contributed by atoms with Gasteiger partial charge in [-0.3, -0.25) is 5.01 Å². The van der Waals surface area contributed by atoms with E-state index in [9.17, 15) is 0 Å². The average Bonchev–Trinajstić information content (AvgIpc) is 2.13. The van der Waals surface area contributed by atoms with E-state index in [2.05, 4.69) is 72.3 Å². The number of hydrazone groups is 1. The zero-order chi connectivity index (χ0) is 14.4.